The van der Waals surface area contributed by atoms with E-state index in [2.05, 4.69) is 9.46 Å². The summed E-state index contributed by atoms with van der Waals surface area (Å²) in [6, 6.07) is 11.6. The van der Waals surface area contributed by atoms with Crippen molar-refractivity contribution in [3.63, 3.8) is 0 Å². The Morgan fingerprint density at radius 3 is 2.31 bits per heavy atom. The monoisotopic (exact) mass is 398 g/mol. The number of ether oxygens (including phenoxy) is 1. The van der Waals surface area contributed by atoms with Crippen molar-refractivity contribution in [1.82, 2.24) is 4.72 Å². The van der Waals surface area contributed by atoms with Gasteiger partial charge in [0.05, 0.1) is 17.4 Å². The molecule has 2 aromatic carbocycles. The lowest BCUT2D eigenvalue weighted by Gasteiger charge is -2.21. The minimum absolute atomic E-state index is 0.481. The predicted octanol–water partition coefficient (Wildman–Crippen LogP) is 2.39. The summed E-state index contributed by atoms with van der Waals surface area (Å²) in [4.78, 5) is 21.8. The smallest absolute Gasteiger partial charge is 0.325 e. The first-order valence-electron chi connectivity index (χ1n) is 7.30. The van der Waals surface area contributed by atoms with Gasteiger partial charge in [0, 0.05) is 6.07 Å². The number of carbonyl (C=O) groups excluding carboxylic acids is 1. The molecule has 10 heteroatoms. The Labute approximate surface area is 154 Å². The van der Waals surface area contributed by atoms with Gasteiger partial charge in [0.25, 0.3) is 5.69 Å². The van der Waals surface area contributed by atoms with Crippen molar-refractivity contribution < 1.29 is 22.9 Å². The zero-order valence-corrected chi connectivity index (χ0v) is 15.1. The first kappa shape index (κ1) is 19.8. The number of para-hydroxylation sites is 1. The van der Waals surface area contributed by atoms with Gasteiger partial charge < -0.3 is 4.74 Å². The van der Waals surface area contributed by atoms with E-state index in [1.807, 2.05) is 0 Å². The Kier molecular flexibility index (Phi) is 6.30. The number of carbonyl (C=O) groups is 1. The van der Waals surface area contributed by atoms with Crippen molar-refractivity contribution in [2.45, 2.75) is 16.3 Å². The fourth-order valence-electron chi connectivity index (χ4n) is 2.25. The average molecular weight is 399 g/mol. The third-order valence-corrected chi connectivity index (χ3v) is 5.49. The van der Waals surface area contributed by atoms with Gasteiger partial charge in [0.1, 0.15) is 6.04 Å². The van der Waals surface area contributed by atoms with Gasteiger partial charge in [0.2, 0.25) is 10.0 Å². The van der Waals surface area contributed by atoms with Crippen LogP contribution < -0.4 is 4.72 Å². The maximum atomic E-state index is 12.6. The number of nitrogens with zero attached hydrogens (tertiary/aromatic N) is 1. The molecule has 2 rings (SSSR count). The van der Waals surface area contributed by atoms with Crippen molar-refractivity contribution in [2.75, 3.05) is 7.11 Å². The van der Waals surface area contributed by atoms with Gasteiger partial charge in [0.15, 0.2) is 4.90 Å². The summed E-state index contributed by atoms with van der Waals surface area (Å²) in [5.41, 5.74) is -0.135. The second-order valence-electron chi connectivity index (χ2n) is 5.16. The van der Waals surface area contributed by atoms with Crippen LogP contribution in [0.1, 0.15) is 10.9 Å². The van der Waals surface area contributed by atoms with Crippen molar-refractivity contribution in [3.05, 3.63) is 70.3 Å². The van der Waals surface area contributed by atoms with Gasteiger partial charge >= 0.3 is 5.97 Å². The number of nitro benzene ring substituents is 1. The fourth-order valence-corrected chi connectivity index (χ4v) is 4.00. The molecular formula is C16H15ClN2O6S. The predicted molar refractivity (Wildman–Crippen MR) is 94.3 cm³/mol. The van der Waals surface area contributed by atoms with E-state index >= 15 is 0 Å². The number of nitrogens with one attached hydrogen (secondary N) is 1. The van der Waals surface area contributed by atoms with Crippen LogP contribution >= 0.6 is 11.6 Å². The highest BCUT2D eigenvalue weighted by molar-refractivity contribution is 7.89. The molecule has 0 radical (unpaired) electrons. The van der Waals surface area contributed by atoms with E-state index in [1.54, 1.807) is 30.3 Å². The quantitative estimate of drug-likeness (QED) is 0.331. The molecule has 26 heavy (non-hydrogen) atoms. The number of methoxy groups -OCH3 is 1. The van der Waals surface area contributed by atoms with Gasteiger partial charge in [-0.25, -0.2) is 8.42 Å². The fraction of sp³-hybridized carbons (Fsp3) is 0.188. The van der Waals surface area contributed by atoms with Crippen LogP contribution in [-0.4, -0.2) is 32.5 Å². The number of sulfonamides is 1. The Morgan fingerprint density at radius 2 is 1.73 bits per heavy atom. The molecule has 0 saturated carbocycles. The minimum atomic E-state index is -4.42. The third-order valence-electron chi connectivity index (χ3n) is 3.50. The SMILES string of the molecule is COC(=O)[C@@H](NS(=O)(=O)c1ccccc1[N+](=O)[O-])[C@@H](Cl)c1ccccc1. The summed E-state index contributed by atoms with van der Waals surface area (Å²) in [6.07, 6.45) is 0. The highest BCUT2D eigenvalue weighted by atomic mass is 35.5. The Bertz CT molecular complexity index is 904. The summed E-state index contributed by atoms with van der Waals surface area (Å²) in [5.74, 6) is -0.920. The molecular weight excluding hydrogens is 384 g/mol. The molecule has 0 aliphatic heterocycles. The van der Waals surface area contributed by atoms with Crippen molar-refractivity contribution in [2.24, 2.45) is 0 Å². The van der Waals surface area contributed by atoms with Crippen LogP contribution in [0.3, 0.4) is 0 Å². The van der Waals surface area contributed by atoms with Gasteiger partial charge in [-0.15, -0.1) is 11.6 Å². The molecule has 0 spiro atoms. The second kappa shape index (κ2) is 8.26. The number of esters is 1. The minimum Gasteiger partial charge on any atom is -0.468 e. The summed E-state index contributed by atoms with van der Waals surface area (Å²) >= 11 is 6.28. The van der Waals surface area contributed by atoms with E-state index in [4.69, 9.17) is 11.6 Å². The van der Waals surface area contributed by atoms with Crippen molar-refractivity contribution in [1.29, 1.82) is 0 Å². The Balaban J connectivity index is 2.43. The molecule has 0 heterocycles. The molecule has 0 aromatic heterocycles. The lowest BCUT2D eigenvalue weighted by molar-refractivity contribution is -0.387. The number of nitro groups is 1. The number of hydrogen-bond donors (Lipinski definition) is 1. The first-order valence-corrected chi connectivity index (χ1v) is 9.22. The molecule has 2 atom stereocenters. The van der Waals surface area contributed by atoms with Crippen LogP contribution in [0.5, 0.6) is 0 Å². The number of benzene rings is 2. The molecule has 0 aliphatic carbocycles. The van der Waals surface area contributed by atoms with Crippen LogP contribution in [0, 0.1) is 10.1 Å². The Hall–Kier alpha value is -2.49. The molecule has 0 fully saturated rings. The number of rotatable bonds is 7. The van der Waals surface area contributed by atoms with Crippen molar-refractivity contribution in [3.8, 4) is 0 Å². The zero-order valence-electron chi connectivity index (χ0n) is 13.5. The van der Waals surface area contributed by atoms with Crippen LogP contribution in [0.15, 0.2) is 59.5 Å². The summed E-state index contributed by atoms with van der Waals surface area (Å²) in [7, 11) is -3.33. The number of hydrogen-bond acceptors (Lipinski definition) is 6. The maximum Gasteiger partial charge on any atom is 0.325 e. The molecule has 0 aliphatic rings. The zero-order chi connectivity index (χ0) is 19.3. The highest BCUT2D eigenvalue weighted by Crippen LogP contribution is 2.28. The summed E-state index contributed by atoms with van der Waals surface area (Å²) in [5, 5.41) is 10.0. The molecule has 8 nitrogen and oxygen atoms in total. The van der Waals surface area contributed by atoms with E-state index in [-0.39, 0.29) is 0 Å². The van der Waals surface area contributed by atoms with Crippen LogP contribution in [0.25, 0.3) is 0 Å². The standard InChI is InChI=1S/C16H15ClN2O6S/c1-25-16(20)15(14(17)11-7-3-2-4-8-11)18-26(23,24)13-10-6-5-9-12(13)19(21)22/h2-10,14-15,18H,1H3/t14-,15-/m0/s1. The maximum absolute atomic E-state index is 12.6. The number of halogens is 1. The molecule has 1 N–H and O–H groups in total. The summed E-state index contributed by atoms with van der Waals surface area (Å²) < 4.78 is 32.0. The lowest BCUT2D eigenvalue weighted by atomic mass is 10.1. The van der Waals surface area contributed by atoms with E-state index in [1.165, 1.54) is 12.1 Å². The van der Waals surface area contributed by atoms with E-state index < -0.39 is 42.9 Å². The van der Waals surface area contributed by atoms with E-state index in [0.29, 0.717) is 5.56 Å². The second-order valence-corrected chi connectivity index (χ2v) is 7.31. The van der Waals surface area contributed by atoms with Gasteiger partial charge in [-0.1, -0.05) is 42.5 Å². The number of alkyl halides is 1. The Morgan fingerprint density at radius 1 is 1.15 bits per heavy atom. The normalized spacial score (nSPS) is 13.6. The topological polar surface area (TPSA) is 116 Å². The average Bonchev–Trinajstić information content (AvgIpc) is 2.65. The van der Waals surface area contributed by atoms with Crippen LogP contribution in [-0.2, 0) is 19.6 Å². The van der Waals surface area contributed by atoms with E-state index in [0.717, 1.165) is 19.2 Å². The van der Waals surface area contributed by atoms with Gasteiger partial charge in [-0.3, -0.25) is 14.9 Å². The summed E-state index contributed by atoms with van der Waals surface area (Å²) in [6.45, 7) is 0. The lowest BCUT2D eigenvalue weighted by Crippen LogP contribution is -2.44. The van der Waals surface area contributed by atoms with Crippen molar-refractivity contribution >= 4 is 33.3 Å². The molecule has 0 bridgehead atoms. The molecule has 0 unspecified atom stereocenters. The van der Waals surface area contributed by atoms with E-state index in [9.17, 15) is 23.3 Å². The van der Waals surface area contributed by atoms with Gasteiger partial charge in [-0.2, -0.15) is 4.72 Å². The molecule has 2 aromatic rings. The molecule has 0 amide bonds. The largest absolute Gasteiger partial charge is 0.468 e. The van der Waals surface area contributed by atoms with Gasteiger partial charge in [-0.05, 0) is 11.6 Å². The highest BCUT2D eigenvalue weighted by Gasteiger charge is 2.36. The van der Waals surface area contributed by atoms with Crippen LogP contribution in [0.4, 0.5) is 5.69 Å². The first-order chi connectivity index (χ1) is 12.3. The molecule has 138 valence electrons. The molecule has 0 saturated heterocycles. The third kappa shape index (κ3) is 4.37. The van der Waals surface area contributed by atoms with Crippen LogP contribution in [0.2, 0.25) is 0 Å².